The van der Waals surface area contributed by atoms with Crippen LogP contribution < -0.4 is 0 Å². The fourth-order valence-corrected chi connectivity index (χ4v) is 0.428. The van der Waals surface area contributed by atoms with Crippen molar-refractivity contribution in [3.05, 3.63) is 0 Å². The van der Waals surface area contributed by atoms with Crippen LogP contribution in [0.5, 0.6) is 0 Å². The average molecular weight is 476 g/mol. The molecule has 0 aromatic heterocycles. The maximum atomic E-state index is 9.64. The van der Waals surface area contributed by atoms with Crippen LogP contribution in [0, 0.1) is 0 Å². The average Bonchev–Trinajstić information content (AvgIpc) is 2.61. The van der Waals surface area contributed by atoms with Crippen LogP contribution in [-0.4, -0.2) is 89.2 Å². The molecule has 0 aliphatic carbocycles. The van der Waals surface area contributed by atoms with Gasteiger partial charge in [0.2, 0.25) is 0 Å². The lowest BCUT2D eigenvalue weighted by atomic mass is 10.3. The zero-order valence-corrected chi connectivity index (χ0v) is 18.1. The summed E-state index contributed by atoms with van der Waals surface area (Å²) in [4.78, 5) is 65.1. The number of aliphatic hydroxyl groups is 1. The van der Waals surface area contributed by atoms with Crippen molar-refractivity contribution in [2.45, 2.75) is 65.9 Å². The van der Waals surface area contributed by atoms with Crippen molar-refractivity contribution < 1.29 is 74.4 Å². The number of carbonyl (C=O) groups is 7. The number of hydrogen-bond donors (Lipinski definition) is 8. The number of hydrogen-bond acceptors (Lipinski definition) is 8. The van der Waals surface area contributed by atoms with Gasteiger partial charge in [-0.1, -0.05) is 13.8 Å². The predicted molar refractivity (Wildman–Crippen MR) is 106 cm³/mol. The lowest BCUT2D eigenvalue weighted by Crippen LogP contribution is -2.13. The van der Waals surface area contributed by atoms with Gasteiger partial charge in [0.25, 0.3) is 12.4 Å². The molecule has 0 saturated carbocycles. The molecule has 0 bridgehead atoms. The second kappa shape index (κ2) is 34.7. The molecule has 8 N–H and O–H groups in total. The van der Waals surface area contributed by atoms with E-state index in [1.165, 1.54) is 6.92 Å². The van der Waals surface area contributed by atoms with Gasteiger partial charge in [-0.25, -0.2) is 4.79 Å². The van der Waals surface area contributed by atoms with Gasteiger partial charge in [-0.15, -0.1) is 0 Å². The fourth-order valence-electron chi connectivity index (χ4n) is 0.428. The summed E-state index contributed by atoms with van der Waals surface area (Å²) in [7, 11) is 0. The van der Waals surface area contributed by atoms with E-state index < -0.39 is 41.9 Å². The van der Waals surface area contributed by atoms with Crippen LogP contribution in [0.4, 0.5) is 0 Å². The highest BCUT2D eigenvalue weighted by Crippen LogP contribution is 1.86. The van der Waals surface area contributed by atoms with E-state index in [1.54, 1.807) is 6.92 Å². The fraction of sp³-hybridized carbons (Fsp3) is 0.588. The first kappa shape index (κ1) is 42.4. The van der Waals surface area contributed by atoms with Crippen molar-refractivity contribution >= 4 is 42.3 Å². The minimum atomic E-state index is -1.23. The zero-order chi connectivity index (χ0) is 27.3. The van der Waals surface area contributed by atoms with Gasteiger partial charge in [-0.2, -0.15) is 0 Å². The molecular weight excluding hydrogens is 444 g/mol. The number of aliphatic hydroxyl groups excluding tert-OH is 1. The molecule has 1 atom stereocenters. The molecule has 0 amide bonds. The Labute approximate surface area is 183 Å². The minimum absolute atomic E-state index is 0.222. The molecule has 0 aromatic rings. The first-order valence-corrected chi connectivity index (χ1v) is 8.51. The molecule has 0 fully saturated rings. The Morgan fingerprint density at radius 3 is 0.938 bits per heavy atom. The van der Waals surface area contributed by atoms with Gasteiger partial charge in [0.05, 0.1) is 12.8 Å². The van der Waals surface area contributed by atoms with Crippen LogP contribution in [0.25, 0.3) is 0 Å². The molecule has 0 saturated heterocycles. The first-order chi connectivity index (χ1) is 14.5. The third-order valence-electron chi connectivity index (χ3n) is 1.68. The molecule has 190 valence electrons. The predicted octanol–water partition coefficient (Wildman–Crippen LogP) is 0.531. The van der Waals surface area contributed by atoms with Gasteiger partial charge in [0.15, 0.2) is 0 Å². The maximum Gasteiger partial charge on any atom is 0.332 e. The van der Waals surface area contributed by atoms with E-state index in [2.05, 4.69) is 0 Å². The summed E-state index contributed by atoms with van der Waals surface area (Å²) in [5, 5.41) is 61.5. The smallest absolute Gasteiger partial charge is 0.332 e. The van der Waals surface area contributed by atoms with Gasteiger partial charge in [-0.05, 0) is 13.3 Å². The highest BCUT2D eigenvalue weighted by atomic mass is 16.4. The lowest BCUT2D eigenvalue weighted by Gasteiger charge is -1.89. The van der Waals surface area contributed by atoms with E-state index >= 15 is 0 Å². The summed E-state index contributed by atoms with van der Waals surface area (Å²) in [5.74, 6) is -5.63. The van der Waals surface area contributed by atoms with Crippen LogP contribution in [0.2, 0.25) is 0 Å². The summed E-state index contributed by atoms with van der Waals surface area (Å²) >= 11 is 0. The number of carboxylic acids is 6. The molecule has 15 nitrogen and oxygen atoms in total. The van der Waals surface area contributed by atoms with E-state index in [4.69, 9.17) is 50.4 Å². The zero-order valence-electron chi connectivity index (χ0n) is 18.1. The molecule has 15 heteroatoms. The second-order valence-electron chi connectivity index (χ2n) is 4.82. The third kappa shape index (κ3) is 159. The van der Waals surface area contributed by atoms with Crippen LogP contribution in [0.15, 0.2) is 0 Å². The maximum absolute atomic E-state index is 9.64. The van der Waals surface area contributed by atoms with Crippen LogP contribution in [0.3, 0.4) is 0 Å². The van der Waals surface area contributed by atoms with Gasteiger partial charge >= 0.3 is 29.8 Å². The SMILES string of the molecule is CC(=O)O.CC(O)C(=O)O.CCC(=O)O.CCCC(=O)O.O=C(O)CCC(=O)O.O=CO. The summed E-state index contributed by atoms with van der Waals surface area (Å²) < 4.78 is 0. The standard InChI is InChI=1S/C4H6O4.C4H8O2.C3H6O3.C3H6O2.C2H4O2.CH2O2/c5-3(6)1-2-4(7)8;1-2-3-4(5)6;1-2(4)3(5)6;1-2-3(4)5;1-2(3)4;2-1-3/h1-2H2,(H,5,6)(H,7,8);2-3H2,1H3,(H,5,6);2,4H,1H3,(H,5,6);2H2,1H3,(H,4,5);1H3,(H,3,4);1H,(H,2,3). The topological polar surface area (TPSA) is 281 Å². The van der Waals surface area contributed by atoms with Gasteiger partial charge in [0, 0.05) is 19.8 Å². The van der Waals surface area contributed by atoms with Crippen molar-refractivity contribution in [2.24, 2.45) is 0 Å². The largest absolute Gasteiger partial charge is 0.483 e. The van der Waals surface area contributed by atoms with Gasteiger partial charge in [0.1, 0.15) is 6.10 Å². The van der Waals surface area contributed by atoms with E-state index in [0.717, 1.165) is 13.3 Å². The Balaban J connectivity index is -0.0000000650. The summed E-state index contributed by atoms with van der Waals surface area (Å²) in [6.45, 7) is 5.47. The molecule has 0 aliphatic rings. The van der Waals surface area contributed by atoms with E-state index in [-0.39, 0.29) is 25.7 Å². The number of aliphatic carboxylic acids is 6. The van der Waals surface area contributed by atoms with Crippen molar-refractivity contribution in [1.82, 2.24) is 0 Å². The molecule has 0 radical (unpaired) electrons. The highest BCUT2D eigenvalue weighted by molar-refractivity contribution is 5.75. The van der Waals surface area contributed by atoms with E-state index in [1.807, 2.05) is 6.92 Å². The van der Waals surface area contributed by atoms with Gasteiger partial charge in [-0.3, -0.25) is 28.8 Å². The normalized spacial score (nSPS) is 8.53. The summed E-state index contributed by atoms with van der Waals surface area (Å²) in [6, 6.07) is 0. The van der Waals surface area contributed by atoms with Gasteiger partial charge < -0.3 is 40.9 Å². The molecule has 1 unspecified atom stereocenters. The summed E-state index contributed by atoms with van der Waals surface area (Å²) in [5.41, 5.74) is 0. The van der Waals surface area contributed by atoms with E-state index in [0.29, 0.717) is 6.42 Å². The second-order valence-corrected chi connectivity index (χ2v) is 4.82. The molecule has 0 rings (SSSR count). The Morgan fingerprint density at radius 1 is 0.719 bits per heavy atom. The Kier molecular flexibility index (Phi) is 46.0. The minimum Gasteiger partial charge on any atom is -0.483 e. The third-order valence-corrected chi connectivity index (χ3v) is 1.68. The number of rotatable bonds is 7. The quantitative estimate of drug-likeness (QED) is 0.232. The first-order valence-electron chi connectivity index (χ1n) is 8.51. The Hall–Kier alpha value is -3.75. The number of carboxylic acid groups (broad SMARTS) is 7. The molecule has 32 heavy (non-hydrogen) atoms. The van der Waals surface area contributed by atoms with Crippen LogP contribution >= 0.6 is 0 Å². The molecule has 0 aromatic carbocycles. The molecule has 0 heterocycles. The molecule has 0 spiro atoms. The monoisotopic (exact) mass is 476 g/mol. The highest BCUT2D eigenvalue weighted by Gasteiger charge is 2.01. The summed E-state index contributed by atoms with van der Waals surface area (Å²) in [6.07, 6.45) is -0.579. The van der Waals surface area contributed by atoms with Crippen LogP contribution in [-0.2, 0) is 33.6 Å². The van der Waals surface area contributed by atoms with Crippen molar-refractivity contribution in [2.75, 3.05) is 0 Å². The Morgan fingerprint density at radius 2 is 0.906 bits per heavy atom. The van der Waals surface area contributed by atoms with E-state index in [9.17, 15) is 24.0 Å². The lowest BCUT2D eigenvalue weighted by molar-refractivity contribution is -0.145. The Bertz CT molecular complexity index is 508. The molecule has 0 aliphatic heterocycles. The van der Waals surface area contributed by atoms with Crippen molar-refractivity contribution in [1.29, 1.82) is 0 Å². The van der Waals surface area contributed by atoms with Crippen molar-refractivity contribution in [3.8, 4) is 0 Å². The molecular formula is C17H32O15. The van der Waals surface area contributed by atoms with Crippen LogP contribution in [0.1, 0.15) is 59.8 Å². The van der Waals surface area contributed by atoms with Crippen molar-refractivity contribution in [3.63, 3.8) is 0 Å².